The van der Waals surface area contributed by atoms with Crippen LogP contribution in [0.25, 0.3) is 0 Å². The average molecular weight is 796 g/mol. The van der Waals surface area contributed by atoms with Crippen LogP contribution in [0.15, 0.2) is 0 Å². The summed E-state index contributed by atoms with van der Waals surface area (Å²) in [4.78, 5) is 47.5. The van der Waals surface area contributed by atoms with Gasteiger partial charge in [0, 0.05) is 88.1 Å². The number of hydrogen-bond donors (Lipinski definition) is 8. The van der Waals surface area contributed by atoms with Gasteiger partial charge in [-0.1, -0.05) is 0 Å². The van der Waals surface area contributed by atoms with Crippen molar-refractivity contribution in [3.63, 3.8) is 0 Å². The Hall–Kier alpha value is -2.20. The van der Waals surface area contributed by atoms with Crippen molar-refractivity contribution in [2.75, 3.05) is 0 Å². The first-order valence-corrected chi connectivity index (χ1v) is 19.6. The van der Waals surface area contributed by atoms with Crippen molar-refractivity contribution in [2.24, 2.45) is 47.3 Å². The molecule has 9 fully saturated rings. The molecule has 0 amide bonds. The Morgan fingerprint density at radius 2 is 0.472 bits per heavy atom. The fourth-order valence-electron chi connectivity index (χ4n) is 12.7. The minimum atomic E-state index is -0.644. The van der Waals surface area contributed by atoms with Crippen molar-refractivity contribution < 1.29 is 36.8 Å². The van der Waals surface area contributed by atoms with Crippen molar-refractivity contribution in [1.82, 2.24) is 42.5 Å². The SMILES string of the molecule is O=[N+]([O-])C1CCC2C3NC4NC(NC5NC(NC6NC(NC(N3)C2C1)C1CCC([N+](=O)[O-])CC61)C1CCC([N+](=O)[O-])CC51)C1CC([N+](=O)[O-])CCC41.[Cu]. The maximum absolute atomic E-state index is 12.0. The molecule has 20 atom stereocenters. The normalized spacial score (nSPS) is 51.5. The molecule has 299 valence electrons. The van der Waals surface area contributed by atoms with Crippen molar-refractivity contribution >= 4 is 0 Å². The molecule has 5 aliphatic heterocycles. The van der Waals surface area contributed by atoms with Crippen LogP contribution in [-0.2, 0) is 17.1 Å². The monoisotopic (exact) mass is 795 g/mol. The standard InChI is InChI=1S/C32H52N12O8.Cu/c45-41(46)13-1-5-17-21(9-13)29-34-25(17)33-26-18-6-2-15(43(49)50)11-23(18)31(35-26)40-32-24-12-16(44(51)52)4-8-20(24)28(39-32)38-30-22-10-14(42(47)48)3-7-19(22)27(36-29)37-30;/h13-40H,1-12H2;. The largest absolute Gasteiger partial charge is 0.286 e. The van der Waals surface area contributed by atoms with Crippen molar-refractivity contribution in [1.29, 1.82) is 0 Å². The van der Waals surface area contributed by atoms with Gasteiger partial charge in [0.1, 0.15) is 0 Å². The van der Waals surface area contributed by atoms with E-state index in [4.69, 9.17) is 0 Å². The zero-order valence-electron chi connectivity index (χ0n) is 29.4. The number of nitrogens with zero attached hydrogens (tertiary/aromatic N) is 4. The van der Waals surface area contributed by atoms with E-state index >= 15 is 0 Å². The first-order chi connectivity index (χ1) is 25.0. The Bertz CT molecular complexity index is 1450. The van der Waals surface area contributed by atoms with E-state index in [9.17, 15) is 40.5 Å². The minimum Gasteiger partial charge on any atom is -0.286 e. The Labute approximate surface area is 317 Å². The Morgan fingerprint density at radius 1 is 0.302 bits per heavy atom. The molecule has 9 aliphatic rings. The predicted molar refractivity (Wildman–Crippen MR) is 182 cm³/mol. The zero-order valence-corrected chi connectivity index (χ0v) is 30.3. The molecule has 4 saturated carbocycles. The second-order valence-electron chi connectivity index (χ2n) is 17.5. The van der Waals surface area contributed by atoms with Gasteiger partial charge in [-0.25, -0.2) is 0 Å². The first kappa shape index (κ1) is 37.7. The van der Waals surface area contributed by atoms with Gasteiger partial charge in [-0.05, 0) is 73.0 Å². The van der Waals surface area contributed by atoms with Gasteiger partial charge in [0.2, 0.25) is 24.2 Å². The van der Waals surface area contributed by atoms with Crippen LogP contribution in [-0.4, -0.2) is 93.2 Å². The molecule has 20 nitrogen and oxygen atoms in total. The predicted octanol–water partition coefficient (Wildman–Crippen LogP) is -0.376. The third kappa shape index (κ3) is 6.75. The van der Waals surface area contributed by atoms with Crippen molar-refractivity contribution in [3.05, 3.63) is 40.5 Å². The van der Waals surface area contributed by atoms with Crippen LogP contribution >= 0.6 is 0 Å². The Morgan fingerprint density at radius 3 is 0.642 bits per heavy atom. The van der Waals surface area contributed by atoms with Crippen molar-refractivity contribution in [3.8, 4) is 0 Å². The molecule has 8 N–H and O–H groups in total. The van der Waals surface area contributed by atoms with E-state index in [1.54, 1.807) is 0 Å². The van der Waals surface area contributed by atoms with Gasteiger partial charge >= 0.3 is 0 Å². The molecule has 0 aromatic rings. The fourth-order valence-corrected chi connectivity index (χ4v) is 12.7. The molecule has 5 saturated heterocycles. The van der Waals surface area contributed by atoms with Gasteiger partial charge in [0.15, 0.2) is 0 Å². The third-order valence-electron chi connectivity index (χ3n) is 15.2. The van der Waals surface area contributed by atoms with Gasteiger partial charge in [-0.2, -0.15) is 0 Å². The summed E-state index contributed by atoms with van der Waals surface area (Å²) >= 11 is 0. The van der Waals surface area contributed by atoms with E-state index in [0.717, 1.165) is 0 Å². The second kappa shape index (κ2) is 14.7. The van der Waals surface area contributed by atoms with E-state index < -0.39 is 24.2 Å². The van der Waals surface area contributed by atoms with Gasteiger partial charge in [0.05, 0.1) is 49.3 Å². The zero-order chi connectivity index (χ0) is 36.0. The van der Waals surface area contributed by atoms with E-state index in [0.29, 0.717) is 77.0 Å². The molecule has 0 spiro atoms. The molecule has 4 aliphatic carbocycles. The van der Waals surface area contributed by atoms with Crippen LogP contribution in [0.4, 0.5) is 0 Å². The number of hydrogen-bond acceptors (Lipinski definition) is 16. The number of fused-ring (bicyclic) bond motifs is 20. The molecule has 9 rings (SSSR count). The summed E-state index contributed by atoms with van der Waals surface area (Å²) in [6, 6.07) is -2.53. The van der Waals surface area contributed by atoms with Gasteiger partial charge in [0.25, 0.3) is 0 Å². The molecule has 1 radical (unpaired) electrons. The van der Waals surface area contributed by atoms with Crippen LogP contribution in [0.2, 0.25) is 0 Å². The summed E-state index contributed by atoms with van der Waals surface area (Å²) in [5, 5.41) is 78.7. The summed E-state index contributed by atoms with van der Waals surface area (Å²) < 4.78 is 0. The Balaban J connectivity index is 0.00000400. The summed E-state index contributed by atoms with van der Waals surface area (Å²) in [5.74, 6) is 0.284. The van der Waals surface area contributed by atoms with Gasteiger partial charge < -0.3 is 0 Å². The van der Waals surface area contributed by atoms with Crippen LogP contribution in [0.3, 0.4) is 0 Å². The molecule has 0 aromatic carbocycles. The first-order valence-electron chi connectivity index (χ1n) is 19.6. The van der Waals surface area contributed by atoms with Crippen LogP contribution in [0.5, 0.6) is 0 Å². The van der Waals surface area contributed by atoms with Gasteiger partial charge in [-0.3, -0.25) is 83.0 Å². The summed E-state index contributed by atoms with van der Waals surface area (Å²) in [6.07, 6.45) is 4.66. The fraction of sp³-hybridized carbons (Fsp3) is 1.00. The number of nitrogens with one attached hydrogen (secondary N) is 8. The minimum absolute atomic E-state index is 0. The molecule has 0 aromatic heterocycles. The summed E-state index contributed by atoms with van der Waals surface area (Å²) in [5.41, 5.74) is 0. The van der Waals surface area contributed by atoms with E-state index in [1.165, 1.54) is 0 Å². The maximum atomic E-state index is 12.0. The van der Waals surface area contributed by atoms with E-state index in [2.05, 4.69) is 42.5 Å². The molecular weight excluding hydrogens is 744 g/mol. The molecule has 8 bridgehead atoms. The topological polar surface area (TPSA) is 269 Å². The summed E-state index contributed by atoms with van der Waals surface area (Å²) in [6.45, 7) is 0. The van der Waals surface area contributed by atoms with Crippen LogP contribution in [0, 0.1) is 87.8 Å². The number of nitro groups is 4. The molecular formula is C32H52CuN12O8. The van der Waals surface area contributed by atoms with Crippen LogP contribution < -0.4 is 42.5 Å². The van der Waals surface area contributed by atoms with E-state index in [-0.39, 0.29) is 133 Å². The van der Waals surface area contributed by atoms with Crippen molar-refractivity contribution in [2.45, 2.75) is 151 Å². The second-order valence-corrected chi connectivity index (χ2v) is 17.5. The molecule has 53 heavy (non-hydrogen) atoms. The summed E-state index contributed by atoms with van der Waals surface area (Å²) in [7, 11) is 0. The van der Waals surface area contributed by atoms with Crippen LogP contribution in [0.1, 0.15) is 77.0 Å². The quantitative estimate of drug-likeness (QED) is 0.102. The molecule has 21 heteroatoms. The molecule has 20 unspecified atom stereocenters. The number of rotatable bonds is 4. The third-order valence-corrected chi connectivity index (χ3v) is 15.2. The smallest absolute Gasteiger partial charge is 0.213 e. The average Bonchev–Trinajstić information content (AvgIpc) is 3.85. The Kier molecular flexibility index (Phi) is 10.5. The molecule has 5 heterocycles. The maximum Gasteiger partial charge on any atom is 0.213 e. The van der Waals surface area contributed by atoms with Gasteiger partial charge in [-0.15, -0.1) is 0 Å². The van der Waals surface area contributed by atoms with E-state index in [1.807, 2.05) is 0 Å².